The lowest BCUT2D eigenvalue weighted by atomic mass is 10.2. The molecule has 0 amide bonds. The molecule has 1 saturated heterocycles. The first-order valence-corrected chi connectivity index (χ1v) is 9.75. The summed E-state index contributed by atoms with van der Waals surface area (Å²) >= 11 is 6.14. The highest BCUT2D eigenvalue weighted by atomic mass is 35.5. The van der Waals surface area contributed by atoms with Gasteiger partial charge in [0.05, 0.1) is 7.11 Å². The molecule has 0 bridgehead atoms. The van der Waals surface area contributed by atoms with E-state index in [0.29, 0.717) is 37.0 Å². The van der Waals surface area contributed by atoms with Crippen LogP contribution in [0.2, 0.25) is 5.02 Å². The number of nitrogens with zero attached hydrogens (tertiary/aromatic N) is 3. The first-order chi connectivity index (χ1) is 11.9. The first-order valence-electron chi connectivity index (χ1n) is 7.94. The Kier molecular flexibility index (Phi) is 5.17. The molecule has 0 saturated carbocycles. The van der Waals surface area contributed by atoms with Crippen LogP contribution in [0, 0.1) is 6.92 Å². The molecular formula is C17H20ClN3O3S. The molecule has 0 spiro atoms. The van der Waals surface area contributed by atoms with Crippen LogP contribution >= 0.6 is 11.6 Å². The van der Waals surface area contributed by atoms with Crippen LogP contribution in [0.1, 0.15) is 5.56 Å². The van der Waals surface area contributed by atoms with Crippen LogP contribution < -0.4 is 9.64 Å². The summed E-state index contributed by atoms with van der Waals surface area (Å²) in [5, 5.41) is 0.409. The van der Waals surface area contributed by atoms with Gasteiger partial charge < -0.3 is 9.64 Å². The molecule has 0 radical (unpaired) electrons. The normalized spacial score (nSPS) is 16.0. The van der Waals surface area contributed by atoms with E-state index in [0.717, 1.165) is 11.4 Å². The van der Waals surface area contributed by atoms with Crippen molar-refractivity contribution in [1.82, 2.24) is 9.29 Å². The molecular weight excluding hydrogens is 362 g/mol. The van der Waals surface area contributed by atoms with Crippen LogP contribution in [0.15, 0.2) is 41.4 Å². The summed E-state index contributed by atoms with van der Waals surface area (Å²) in [6.45, 7) is 3.74. The second-order valence-corrected chi connectivity index (χ2v) is 8.14. The van der Waals surface area contributed by atoms with Crippen molar-refractivity contribution >= 4 is 27.4 Å². The van der Waals surface area contributed by atoms with Gasteiger partial charge in [0.25, 0.3) is 0 Å². The zero-order chi connectivity index (χ0) is 18.0. The van der Waals surface area contributed by atoms with Crippen molar-refractivity contribution in [3.05, 3.63) is 47.1 Å². The topological polar surface area (TPSA) is 62.7 Å². The van der Waals surface area contributed by atoms with Crippen molar-refractivity contribution in [1.29, 1.82) is 0 Å². The molecule has 1 aromatic carbocycles. The maximum absolute atomic E-state index is 13.0. The minimum Gasteiger partial charge on any atom is -0.495 e. The lowest BCUT2D eigenvalue weighted by Gasteiger charge is -2.34. The van der Waals surface area contributed by atoms with E-state index in [1.54, 1.807) is 12.3 Å². The molecule has 0 unspecified atom stereocenters. The van der Waals surface area contributed by atoms with Crippen LogP contribution in [-0.4, -0.2) is 51.0 Å². The fourth-order valence-electron chi connectivity index (χ4n) is 2.84. The summed E-state index contributed by atoms with van der Waals surface area (Å²) < 4.78 is 32.8. The van der Waals surface area contributed by atoms with Crippen molar-refractivity contribution < 1.29 is 13.2 Å². The predicted octanol–water partition coefficient (Wildman–Crippen LogP) is 2.56. The number of methoxy groups -OCH3 is 1. The molecule has 2 heterocycles. The van der Waals surface area contributed by atoms with E-state index in [1.807, 2.05) is 25.1 Å². The summed E-state index contributed by atoms with van der Waals surface area (Å²) in [4.78, 5) is 6.50. The SMILES string of the molecule is COc1cc(C)c(Cl)cc1S(=O)(=O)N1CCN(c2ccccn2)CC1. The number of pyridine rings is 1. The fraction of sp³-hybridized carbons (Fsp3) is 0.353. The van der Waals surface area contributed by atoms with Gasteiger partial charge in [-0.25, -0.2) is 13.4 Å². The van der Waals surface area contributed by atoms with Gasteiger partial charge in [-0.1, -0.05) is 17.7 Å². The lowest BCUT2D eigenvalue weighted by Crippen LogP contribution is -2.49. The number of anilines is 1. The molecule has 25 heavy (non-hydrogen) atoms. The maximum atomic E-state index is 13.0. The minimum atomic E-state index is -3.67. The Morgan fingerprint density at radius 1 is 1.16 bits per heavy atom. The molecule has 1 aliphatic heterocycles. The first kappa shape index (κ1) is 18.0. The number of piperazine rings is 1. The highest BCUT2D eigenvalue weighted by Crippen LogP contribution is 2.32. The van der Waals surface area contributed by atoms with Crippen molar-refractivity contribution in [2.45, 2.75) is 11.8 Å². The second kappa shape index (κ2) is 7.19. The van der Waals surface area contributed by atoms with E-state index < -0.39 is 10.0 Å². The molecule has 3 rings (SSSR count). The molecule has 0 atom stereocenters. The molecule has 8 heteroatoms. The summed E-state index contributed by atoms with van der Waals surface area (Å²) in [6.07, 6.45) is 1.73. The Balaban J connectivity index is 1.82. The number of rotatable bonds is 4. The number of aromatic nitrogens is 1. The number of halogens is 1. The molecule has 1 aromatic heterocycles. The zero-order valence-corrected chi connectivity index (χ0v) is 15.7. The fourth-order valence-corrected chi connectivity index (χ4v) is 4.65. The zero-order valence-electron chi connectivity index (χ0n) is 14.1. The number of hydrogen-bond acceptors (Lipinski definition) is 5. The number of hydrogen-bond donors (Lipinski definition) is 0. The highest BCUT2D eigenvalue weighted by molar-refractivity contribution is 7.89. The third kappa shape index (κ3) is 3.58. The van der Waals surface area contributed by atoms with Crippen LogP contribution in [0.25, 0.3) is 0 Å². The smallest absolute Gasteiger partial charge is 0.246 e. The van der Waals surface area contributed by atoms with Gasteiger partial charge in [-0.2, -0.15) is 4.31 Å². The molecule has 0 N–H and O–H groups in total. The summed E-state index contributed by atoms with van der Waals surface area (Å²) in [5.74, 6) is 1.17. The quantitative estimate of drug-likeness (QED) is 0.814. The highest BCUT2D eigenvalue weighted by Gasteiger charge is 2.31. The Morgan fingerprint density at radius 2 is 1.88 bits per heavy atom. The number of sulfonamides is 1. The number of ether oxygens (including phenoxy) is 1. The van der Waals surface area contributed by atoms with Crippen LogP contribution in [-0.2, 0) is 10.0 Å². The average molecular weight is 382 g/mol. The van der Waals surface area contributed by atoms with Crippen LogP contribution in [0.4, 0.5) is 5.82 Å². The standard InChI is InChI=1S/C17H20ClN3O3S/c1-13-11-15(24-2)16(12-14(13)18)25(22,23)21-9-7-20(8-10-21)17-5-3-4-6-19-17/h3-6,11-12H,7-10H2,1-2H3. The lowest BCUT2D eigenvalue weighted by molar-refractivity contribution is 0.373. The third-order valence-electron chi connectivity index (χ3n) is 4.27. The molecule has 0 aliphatic carbocycles. The minimum absolute atomic E-state index is 0.108. The van der Waals surface area contributed by atoms with E-state index in [2.05, 4.69) is 9.88 Å². The number of aryl methyl sites for hydroxylation is 1. The molecule has 1 fully saturated rings. The van der Waals surface area contributed by atoms with Crippen molar-refractivity contribution in [2.24, 2.45) is 0 Å². The summed E-state index contributed by atoms with van der Waals surface area (Å²) in [7, 11) is -2.21. The summed E-state index contributed by atoms with van der Waals surface area (Å²) in [6, 6.07) is 8.82. The monoisotopic (exact) mass is 381 g/mol. The van der Waals surface area contributed by atoms with Crippen molar-refractivity contribution in [3.63, 3.8) is 0 Å². The largest absolute Gasteiger partial charge is 0.495 e. The van der Waals surface area contributed by atoms with Gasteiger partial charge in [-0.15, -0.1) is 0 Å². The third-order valence-corrected chi connectivity index (χ3v) is 6.60. The van der Waals surface area contributed by atoms with E-state index in [9.17, 15) is 8.42 Å². The van der Waals surface area contributed by atoms with Gasteiger partial charge in [-0.3, -0.25) is 0 Å². The molecule has 134 valence electrons. The maximum Gasteiger partial charge on any atom is 0.246 e. The molecule has 1 aliphatic rings. The van der Waals surface area contributed by atoms with E-state index in [-0.39, 0.29) is 4.90 Å². The molecule has 6 nitrogen and oxygen atoms in total. The molecule has 2 aromatic rings. The Morgan fingerprint density at radius 3 is 2.48 bits per heavy atom. The van der Waals surface area contributed by atoms with Gasteiger partial charge >= 0.3 is 0 Å². The van der Waals surface area contributed by atoms with Crippen molar-refractivity contribution in [2.75, 3.05) is 38.2 Å². The Hall–Kier alpha value is -1.83. The van der Waals surface area contributed by atoms with Gasteiger partial charge in [0, 0.05) is 37.4 Å². The van der Waals surface area contributed by atoms with E-state index in [4.69, 9.17) is 16.3 Å². The summed E-state index contributed by atoms with van der Waals surface area (Å²) in [5.41, 5.74) is 0.775. The van der Waals surface area contributed by atoms with Crippen LogP contribution in [0.3, 0.4) is 0 Å². The van der Waals surface area contributed by atoms with Gasteiger partial charge in [-0.05, 0) is 36.8 Å². The Bertz CT molecular complexity index is 851. The average Bonchev–Trinajstić information content (AvgIpc) is 2.64. The number of benzene rings is 1. The second-order valence-electron chi connectivity index (χ2n) is 5.83. The van der Waals surface area contributed by atoms with Gasteiger partial charge in [0.15, 0.2) is 0 Å². The van der Waals surface area contributed by atoms with E-state index in [1.165, 1.54) is 17.5 Å². The van der Waals surface area contributed by atoms with Crippen LogP contribution in [0.5, 0.6) is 5.75 Å². The van der Waals surface area contributed by atoms with E-state index >= 15 is 0 Å². The Labute approximate surface area is 153 Å². The predicted molar refractivity (Wildman–Crippen MR) is 97.9 cm³/mol. The van der Waals surface area contributed by atoms with Crippen molar-refractivity contribution in [3.8, 4) is 5.75 Å². The van der Waals surface area contributed by atoms with Gasteiger partial charge in [0.1, 0.15) is 16.5 Å². The van der Waals surface area contributed by atoms with Gasteiger partial charge in [0.2, 0.25) is 10.0 Å².